The number of hydrogen-bond donors (Lipinski definition) is 5. The van der Waals surface area contributed by atoms with Crippen LogP contribution in [0, 0.1) is 18.2 Å². The molecule has 1 saturated heterocycles. The topological polar surface area (TPSA) is 152 Å². The van der Waals surface area contributed by atoms with Crippen LogP contribution in [0.5, 0.6) is 0 Å². The molecule has 0 amide bonds. The summed E-state index contributed by atoms with van der Waals surface area (Å²) in [6.07, 6.45) is 1.00. The van der Waals surface area contributed by atoms with Crippen molar-refractivity contribution in [2.45, 2.75) is 24.0 Å². The highest BCUT2D eigenvalue weighted by Gasteiger charge is 2.54. The molecule has 0 aliphatic carbocycles. The molecule has 3 heterocycles. The first-order chi connectivity index (χ1) is 11.5. The molecular formula is C13H14FN5O4. The second-order valence-corrected chi connectivity index (χ2v) is 5.09. The Hall–Kier alpha value is -2.45. The standard InChI is InChI=1S/C13H14FN5O4/c1-2-13(16)8(21)6(4-20)23-11(13)19-3-5(14)7-9(19)17-12(15)18-10(7)22/h1,3,6,8,11,20-21H,4,16H2,(H3,15,17,18,22)/t6-,8+,11-,13?/m1/s1/i4D2. The van der Waals surface area contributed by atoms with Crippen molar-refractivity contribution < 1.29 is 22.1 Å². The number of halogens is 1. The zero-order valence-electron chi connectivity index (χ0n) is 13.5. The Morgan fingerprint density at radius 2 is 2.43 bits per heavy atom. The van der Waals surface area contributed by atoms with E-state index in [1.54, 1.807) is 0 Å². The number of terminal acetylenes is 1. The summed E-state index contributed by atoms with van der Waals surface area (Å²) in [6, 6.07) is 0. The molecule has 0 radical (unpaired) electrons. The number of nitrogens with one attached hydrogen (secondary N) is 1. The van der Waals surface area contributed by atoms with Crippen molar-refractivity contribution in [2.75, 3.05) is 12.3 Å². The molecule has 2 aromatic rings. The van der Waals surface area contributed by atoms with Gasteiger partial charge in [0.25, 0.3) is 5.56 Å². The van der Waals surface area contributed by atoms with E-state index in [0.717, 1.165) is 10.8 Å². The van der Waals surface area contributed by atoms with Crippen molar-refractivity contribution in [3.63, 3.8) is 0 Å². The van der Waals surface area contributed by atoms with Gasteiger partial charge in [0.05, 0.1) is 9.30 Å². The highest BCUT2D eigenvalue weighted by molar-refractivity contribution is 5.77. The molecule has 9 nitrogen and oxygen atoms in total. The van der Waals surface area contributed by atoms with E-state index in [0.29, 0.717) is 0 Å². The third kappa shape index (κ3) is 2.02. The van der Waals surface area contributed by atoms with Crippen molar-refractivity contribution >= 4 is 17.0 Å². The lowest BCUT2D eigenvalue weighted by molar-refractivity contribution is -0.0446. The van der Waals surface area contributed by atoms with Gasteiger partial charge >= 0.3 is 0 Å². The minimum atomic E-state index is -2.99. The lowest BCUT2D eigenvalue weighted by Gasteiger charge is -2.27. The number of hydrogen-bond acceptors (Lipinski definition) is 7. The summed E-state index contributed by atoms with van der Waals surface area (Å²) >= 11 is 0. The van der Waals surface area contributed by atoms with Gasteiger partial charge in [-0.1, -0.05) is 5.92 Å². The van der Waals surface area contributed by atoms with Crippen molar-refractivity contribution in [1.82, 2.24) is 14.5 Å². The summed E-state index contributed by atoms with van der Waals surface area (Å²) < 4.78 is 35.1. The summed E-state index contributed by atoms with van der Waals surface area (Å²) in [5.41, 5.74) is 8.27. The van der Waals surface area contributed by atoms with Gasteiger partial charge in [0.1, 0.15) is 17.6 Å². The number of nitrogens with zero attached hydrogens (tertiary/aromatic N) is 2. The summed E-state index contributed by atoms with van der Waals surface area (Å²) in [5, 5.41) is 19.3. The maximum atomic E-state index is 14.2. The number of fused-ring (bicyclic) bond motifs is 1. The maximum Gasteiger partial charge on any atom is 0.264 e. The van der Waals surface area contributed by atoms with Gasteiger partial charge in [0.15, 0.2) is 23.2 Å². The Kier molecular flexibility index (Phi) is 2.85. The Balaban J connectivity index is 2.24. The van der Waals surface area contributed by atoms with Crippen molar-refractivity contribution in [1.29, 1.82) is 0 Å². The molecule has 3 rings (SSSR count). The Bertz CT molecular complexity index is 949. The van der Waals surface area contributed by atoms with Gasteiger partial charge in [-0.15, -0.1) is 6.42 Å². The lowest BCUT2D eigenvalue weighted by atomic mass is 9.92. The van der Waals surface area contributed by atoms with E-state index in [1.165, 1.54) is 0 Å². The molecule has 0 bridgehead atoms. The molecule has 2 aromatic heterocycles. The first-order valence-electron chi connectivity index (χ1n) is 7.39. The predicted octanol–water partition coefficient (Wildman–Crippen LogP) is -1.97. The molecule has 1 fully saturated rings. The van der Waals surface area contributed by atoms with Crippen LogP contribution in [-0.4, -0.2) is 49.1 Å². The Morgan fingerprint density at radius 3 is 3.04 bits per heavy atom. The molecule has 0 aromatic carbocycles. The van der Waals surface area contributed by atoms with E-state index in [4.69, 9.17) is 25.4 Å². The number of nitrogen functional groups attached to an aromatic ring is 1. The number of aliphatic hydroxyl groups is 2. The molecule has 0 spiro atoms. The normalized spacial score (nSPS) is 32.6. The summed E-state index contributed by atoms with van der Waals surface area (Å²) in [6.45, 7) is -2.99. The largest absolute Gasteiger partial charge is 0.394 e. The predicted molar refractivity (Wildman–Crippen MR) is 77.5 cm³/mol. The number of aromatic amines is 1. The fourth-order valence-corrected chi connectivity index (χ4v) is 2.58. The number of aliphatic hydroxyl groups excluding tert-OH is 1. The highest BCUT2D eigenvalue weighted by Crippen LogP contribution is 2.38. The lowest BCUT2D eigenvalue weighted by Crippen LogP contribution is -2.53. The summed E-state index contributed by atoms with van der Waals surface area (Å²) in [4.78, 5) is 17.8. The van der Waals surface area contributed by atoms with Crippen LogP contribution in [0.2, 0.25) is 0 Å². The van der Waals surface area contributed by atoms with Crippen molar-refractivity contribution in [2.24, 2.45) is 5.73 Å². The van der Waals surface area contributed by atoms with Crippen LogP contribution in [0.3, 0.4) is 0 Å². The van der Waals surface area contributed by atoms with E-state index in [2.05, 4.69) is 15.9 Å². The summed E-state index contributed by atoms with van der Waals surface area (Å²) in [5.74, 6) is 0.793. The first-order valence-corrected chi connectivity index (χ1v) is 6.39. The Morgan fingerprint density at radius 1 is 1.74 bits per heavy atom. The number of anilines is 1. The van der Waals surface area contributed by atoms with Gasteiger partial charge in [-0.2, -0.15) is 4.98 Å². The molecule has 4 atom stereocenters. The monoisotopic (exact) mass is 325 g/mol. The fourth-order valence-electron chi connectivity index (χ4n) is 2.58. The van der Waals surface area contributed by atoms with Crippen LogP contribution in [0.4, 0.5) is 10.3 Å². The average Bonchev–Trinajstić information content (AvgIpc) is 2.95. The highest BCUT2D eigenvalue weighted by atomic mass is 19.1. The molecule has 1 aliphatic rings. The van der Waals surface area contributed by atoms with Crippen molar-refractivity contribution in [3.8, 4) is 12.3 Å². The fraction of sp³-hybridized carbons (Fsp3) is 0.385. The number of ether oxygens (including phenoxy) is 1. The van der Waals surface area contributed by atoms with Crippen LogP contribution in [-0.2, 0) is 4.74 Å². The number of rotatable bonds is 2. The minimum Gasteiger partial charge on any atom is -0.394 e. The zero-order chi connectivity index (χ0) is 18.7. The molecule has 122 valence electrons. The van der Waals surface area contributed by atoms with Gasteiger partial charge in [0, 0.05) is 6.20 Å². The SMILES string of the molecule is [2H]C([2H])(O)[C@H]1O[C@@H](n2cc(F)c3c(=O)[nH]c(N)nc32)C(N)(C#C)[C@H]1O. The second kappa shape index (κ2) is 5.04. The molecule has 23 heavy (non-hydrogen) atoms. The van der Waals surface area contributed by atoms with E-state index >= 15 is 0 Å². The molecule has 10 heteroatoms. The van der Waals surface area contributed by atoms with E-state index in [1.807, 2.05) is 0 Å². The molecule has 0 saturated carbocycles. The third-order valence-corrected chi connectivity index (χ3v) is 3.74. The maximum absolute atomic E-state index is 14.2. The molecule has 1 unspecified atom stereocenters. The van der Waals surface area contributed by atoms with E-state index in [-0.39, 0.29) is 11.6 Å². The van der Waals surface area contributed by atoms with Crippen LogP contribution < -0.4 is 17.0 Å². The minimum absolute atomic E-state index is 0.264. The Labute approximate surface area is 131 Å². The molecule has 7 N–H and O–H groups in total. The number of nitrogens with two attached hydrogens (primary N) is 2. The first kappa shape index (κ1) is 13.0. The molecular weight excluding hydrogens is 309 g/mol. The van der Waals surface area contributed by atoms with Gasteiger partial charge in [-0.05, 0) is 0 Å². The summed E-state index contributed by atoms with van der Waals surface area (Å²) in [7, 11) is 0. The van der Waals surface area contributed by atoms with Crippen LogP contribution >= 0.6 is 0 Å². The smallest absolute Gasteiger partial charge is 0.264 e. The van der Waals surface area contributed by atoms with Crippen LogP contribution in [0.15, 0.2) is 11.0 Å². The zero-order valence-corrected chi connectivity index (χ0v) is 11.5. The van der Waals surface area contributed by atoms with Gasteiger partial charge < -0.3 is 26.4 Å². The van der Waals surface area contributed by atoms with E-state index < -0.39 is 47.3 Å². The van der Waals surface area contributed by atoms with Gasteiger partial charge in [0.2, 0.25) is 5.95 Å². The quantitative estimate of drug-likeness (QED) is 0.401. The van der Waals surface area contributed by atoms with Crippen molar-refractivity contribution in [3.05, 3.63) is 22.4 Å². The molecule has 1 aliphatic heterocycles. The van der Waals surface area contributed by atoms with Crippen LogP contribution in [0.25, 0.3) is 11.0 Å². The van der Waals surface area contributed by atoms with Gasteiger partial charge in [-0.25, -0.2) is 4.39 Å². The number of aromatic nitrogens is 3. The van der Waals surface area contributed by atoms with E-state index in [9.17, 15) is 19.4 Å². The second-order valence-electron chi connectivity index (χ2n) is 5.09. The third-order valence-electron chi connectivity index (χ3n) is 3.74. The number of H-pyrrole nitrogens is 1. The van der Waals surface area contributed by atoms with Gasteiger partial charge in [-0.3, -0.25) is 14.3 Å². The van der Waals surface area contributed by atoms with Crippen LogP contribution in [0.1, 0.15) is 8.97 Å². The average molecular weight is 325 g/mol.